The molecule has 1 aromatic rings. The van der Waals surface area contributed by atoms with Crippen LogP contribution in [0, 0.1) is 17.3 Å². The first-order chi connectivity index (χ1) is 20.0. The molecule has 2 N–H and O–H groups in total. The number of ketones is 1. The number of nitrogens with zero attached hydrogens (tertiary/aromatic N) is 2. The minimum Gasteiger partial charge on any atom is -0.874 e. The van der Waals surface area contributed by atoms with Gasteiger partial charge in [0.25, 0.3) is 0 Å². The summed E-state index contributed by atoms with van der Waals surface area (Å²) in [7, 11) is 0. The molecule has 4 unspecified atom stereocenters. The molecular weight excluding hydrogens is 540 g/mol. The molecule has 0 spiro atoms. The Hall–Kier alpha value is -3.68. The second-order valence-corrected chi connectivity index (χ2v) is 14.7. The van der Waals surface area contributed by atoms with Gasteiger partial charge in [-0.2, -0.15) is 0 Å². The lowest BCUT2D eigenvalue weighted by Crippen LogP contribution is -2.46. The average Bonchev–Trinajstić information content (AvgIpc) is 3.20. The molecule has 7 rings (SSSR count). The average molecular weight is 585 g/mol. The van der Waals surface area contributed by atoms with E-state index in [4.69, 9.17) is 0 Å². The number of carbonyl (C=O) groups is 3. The summed E-state index contributed by atoms with van der Waals surface area (Å²) in [5.74, 6) is -3.00. The maximum Gasteiger partial charge on any atom is 0.233 e. The van der Waals surface area contributed by atoms with Crippen LogP contribution >= 0.6 is 0 Å². The summed E-state index contributed by atoms with van der Waals surface area (Å²) in [6.07, 6.45) is 3.58. The van der Waals surface area contributed by atoms with Gasteiger partial charge in [0.2, 0.25) is 17.5 Å². The molecule has 0 saturated heterocycles. The zero-order chi connectivity index (χ0) is 31.5. The molecule has 6 aliphatic rings. The van der Waals surface area contributed by atoms with Crippen LogP contribution in [0.15, 0.2) is 41.3 Å². The van der Waals surface area contributed by atoms with Crippen LogP contribution in [0.25, 0.3) is 5.57 Å². The number of benzene rings is 1. The molecule has 228 valence electrons. The van der Waals surface area contributed by atoms with Crippen molar-refractivity contribution in [2.45, 2.75) is 105 Å². The first kappa shape index (κ1) is 29.4. The smallest absolute Gasteiger partial charge is 0.233 e. The van der Waals surface area contributed by atoms with Gasteiger partial charge in [0.05, 0.1) is 11.1 Å². The van der Waals surface area contributed by atoms with E-state index in [0.717, 1.165) is 22.5 Å². The van der Waals surface area contributed by atoms with Crippen molar-refractivity contribution < 1.29 is 24.1 Å². The van der Waals surface area contributed by atoms with Gasteiger partial charge in [0.1, 0.15) is 12.5 Å². The summed E-state index contributed by atoms with van der Waals surface area (Å²) in [6, 6.07) is 4.56. The molecule has 43 heavy (non-hydrogen) atoms. The summed E-state index contributed by atoms with van der Waals surface area (Å²) in [5, 5.41) is 19.9. The molecule has 0 aromatic heterocycles. The monoisotopic (exact) mass is 584 g/mol. The molecule has 2 aliphatic carbocycles. The van der Waals surface area contributed by atoms with Crippen LogP contribution in [-0.2, 0) is 19.8 Å². The number of allylic oxidation sites excluding steroid dienone is 4. The van der Waals surface area contributed by atoms with E-state index in [1.807, 2.05) is 24.3 Å². The van der Waals surface area contributed by atoms with Gasteiger partial charge in [-0.25, -0.2) is 4.58 Å². The van der Waals surface area contributed by atoms with Crippen molar-refractivity contribution in [1.82, 2.24) is 5.32 Å². The zero-order valence-electron chi connectivity index (χ0n) is 27.0. The Morgan fingerprint density at radius 3 is 2.23 bits per heavy atom. The van der Waals surface area contributed by atoms with Crippen LogP contribution in [0.5, 0.6) is 0 Å². The van der Waals surface area contributed by atoms with Crippen molar-refractivity contribution in [3.05, 3.63) is 52.4 Å². The Labute approximate surface area is 254 Å². The lowest BCUT2D eigenvalue weighted by atomic mass is 9.66. The third-order valence-electron chi connectivity index (χ3n) is 11.0. The molecule has 4 atom stereocenters. The molecule has 8 heteroatoms. The number of hydrogen-bond donors (Lipinski definition) is 2. The number of anilines is 2. The molecule has 2 amide bonds. The summed E-state index contributed by atoms with van der Waals surface area (Å²) < 4.78 is 2.33. The van der Waals surface area contributed by atoms with Gasteiger partial charge >= 0.3 is 0 Å². The van der Waals surface area contributed by atoms with Crippen LogP contribution in [0.1, 0.15) is 86.8 Å². The van der Waals surface area contributed by atoms with Gasteiger partial charge in [-0.15, -0.1) is 5.76 Å². The van der Waals surface area contributed by atoms with Gasteiger partial charge in [-0.1, -0.05) is 19.9 Å². The number of carbonyl (C=O) groups excluding carboxylic acids is 3. The standard InChI is InChI=1S/C35H44N4O4/c1-16(2)38-18(5)34(7,8)22-11-20-24(13-26(22)38)36-28(40)15-29(41)37-25-14-27-23(35(9,10)19(6)39(27)17(3)4)12-21(25)31-32(42)30(20)33(31)43/h11-14,16-20,30H,15H2,1-10H3,(H2,37,41,42,43). The Kier molecular flexibility index (Phi) is 6.43. The summed E-state index contributed by atoms with van der Waals surface area (Å²) >= 11 is 0. The number of fused-ring (bicyclic) bond motifs is 6. The van der Waals surface area contributed by atoms with E-state index < -0.39 is 23.7 Å². The third-order valence-corrected chi connectivity index (χ3v) is 11.0. The predicted molar refractivity (Wildman–Crippen MR) is 167 cm³/mol. The molecule has 4 aliphatic heterocycles. The summed E-state index contributed by atoms with van der Waals surface area (Å²) in [6.45, 7) is 21.6. The van der Waals surface area contributed by atoms with E-state index in [9.17, 15) is 19.5 Å². The van der Waals surface area contributed by atoms with Crippen molar-refractivity contribution in [3.8, 4) is 0 Å². The Balaban J connectivity index is 1.55. The van der Waals surface area contributed by atoms with E-state index in [0.29, 0.717) is 16.9 Å². The quantitative estimate of drug-likeness (QED) is 0.403. The van der Waals surface area contributed by atoms with Gasteiger partial charge in [0, 0.05) is 63.5 Å². The number of nitrogens with one attached hydrogen (secondary N) is 2. The fourth-order valence-electron chi connectivity index (χ4n) is 8.08. The molecule has 0 radical (unpaired) electrons. The fraction of sp³-hybridized carbons (Fsp3) is 0.543. The first-order valence-corrected chi connectivity index (χ1v) is 15.6. The van der Waals surface area contributed by atoms with Gasteiger partial charge < -0.3 is 20.6 Å². The molecule has 0 fully saturated rings. The van der Waals surface area contributed by atoms with Crippen LogP contribution in [0.3, 0.4) is 0 Å². The highest BCUT2D eigenvalue weighted by atomic mass is 16.3. The molecule has 4 heterocycles. The molecule has 8 nitrogen and oxygen atoms in total. The minimum absolute atomic E-state index is 0.136. The highest BCUT2D eigenvalue weighted by Crippen LogP contribution is 2.53. The number of rotatable bonds is 2. The van der Waals surface area contributed by atoms with E-state index in [-0.39, 0.29) is 58.5 Å². The number of Topliss-reactive ketones (excluding diaryl/α,β-unsaturated/α-hetero) is 1. The molecule has 2 bridgehead atoms. The third kappa shape index (κ3) is 4.01. The van der Waals surface area contributed by atoms with Crippen LogP contribution in [0.4, 0.5) is 11.4 Å². The zero-order valence-corrected chi connectivity index (χ0v) is 27.0. The van der Waals surface area contributed by atoms with E-state index in [2.05, 4.69) is 89.3 Å². The highest BCUT2D eigenvalue weighted by molar-refractivity contribution is 6.31. The summed E-state index contributed by atoms with van der Waals surface area (Å²) in [4.78, 5) is 42.9. The second-order valence-electron chi connectivity index (χ2n) is 14.7. The van der Waals surface area contributed by atoms with E-state index >= 15 is 0 Å². The second kappa shape index (κ2) is 9.41. The van der Waals surface area contributed by atoms with Gasteiger partial charge in [-0.05, 0) is 73.1 Å². The Bertz CT molecular complexity index is 1620. The van der Waals surface area contributed by atoms with Crippen molar-refractivity contribution >= 4 is 40.3 Å². The number of amides is 2. The molecule has 0 saturated carbocycles. The minimum atomic E-state index is -0.926. The molecular formula is C35H44N4O4. The highest BCUT2D eigenvalue weighted by Gasteiger charge is 2.53. The van der Waals surface area contributed by atoms with Crippen molar-refractivity contribution in [3.63, 3.8) is 0 Å². The lowest BCUT2D eigenvalue weighted by molar-refractivity contribution is -0.593. The van der Waals surface area contributed by atoms with Crippen molar-refractivity contribution in [1.29, 1.82) is 0 Å². The Morgan fingerprint density at radius 1 is 0.977 bits per heavy atom. The van der Waals surface area contributed by atoms with E-state index in [1.54, 1.807) is 0 Å². The fourth-order valence-corrected chi connectivity index (χ4v) is 8.08. The van der Waals surface area contributed by atoms with Crippen LogP contribution in [-0.4, -0.2) is 52.1 Å². The topological polar surface area (TPSA) is 105 Å². The Morgan fingerprint density at radius 2 is 1.63 bits per heavy atom. The van der Waals surface area contributed by atoms with Gasteiger partial charge in [-0.3, -0.25) is 14.4 Å². The maximum atomic E-state index is 14.1. The first-order valence-electron chi connectivity index (χ1n) is 15.6. The van der Waals surface area contributed by atoms with Crippen molar-refractivity contribution in [2.75, 3.05) is 10.2 Å². The van der Waals surface area contributed by atoms with Crippen LogP contribution < -0.4 is 20.6 Å². The summed E-state index contributed by atoms with van der Waals surface area (Å²) in [5.41, 5.74) is 5.09. The normalized spacial score (nSPS) is 29.1. The van der Waals surface area contributed by atoms with Gasteiger partial charge in [0.15, 0.2) is 11.8 Å². The van der Waals surface area contributed by atoms with Crippen molar-refractivity contribution in [2.24, 2.45) is 17.3 Å². The SMILES string of the molecule is CC(C)N1c2cc3c(cc2C(C)(C)C1C)C1=C([O-])C(C1=O)C1C=C2C(=[N+](C(C)C)C(C)C2(C)C)C=C1NC(=O)CC(=O)N3. The van der Waals surface area contributed by atoms with Crippen LogP contribution in [0.2, 0.25) is 0 Å². The largest absolute Gasteiger partial charge is 0.874 e. The van der Waals surface area contributed by atoms with E-state index in [1.165, 1.54) is 0 Å². The lowest BCUT2D eigenvalue weighted by Gasteiger charge is -2.43. The predicted octanol–water partition coefficient (Wildman–Crippen LogP) is 4.04. The maximum absolute atomic E-state index is 14.1. The molecule has 1 aromatic carbocycles. The number of hydrogen-bond acceptors (Lipinski definition) is 5.